The third-order valence-electron chi connectivity index (χ3n) is 3.02. The molecule has 2 rings (SSSR count). The number of carbonyl (C=O) groups is 1. The van der Waals surface area contributed by atoms with E-state index in [1.807, 2.05) is 6.92 Å². The summed E-state index contributed by atoms with van der Waals surface area (Å²) < 4.78 is 0. The van der Waals surface area contributed by atoms with Gasteiger partial charge in [0.1, 0.15) is 0 Å². The molecule has 68 valence electrons. The lowest BCUT2D eigenvalue weighted by molar-refractivity contribution is 0.192. The fraction of sp³-hybridized carbons (Fsp3) is 0.889. The van der Waals surface area contributed by atoms with E-state index in [1.54, 1.807) is 0 Å². The average molecular weight is 168 g/mol. The predicted molar refractivity (Wildman–Crippen MR) is 47.0 cm³/mol. The first kappa shape index (κ1) is 7.90. The second-order valence-electron chi connectivity index (χ2n) is 3.71. The van der Waals surface area contributed by atoms with Gasteiger partial charge in [0.15, 0.2) is 0 Å². The molecule has 2 aliphatic rings. The minimum atomic E-state index is 0.155. The standard InChI is InChI=1S/C9H16N2O/c1-2-10-9(12)11-7-3-4-8(11)6-5-7/h7-8H,2-6H2,1H3,(H,10,12). The zero-order valence-electron chi connectivity index (χ0n) is 7.55. The van der Waals surface area contributed by atoms with Crippen molar-refractivity contribution in [2.45, 2.75) is 44.7 Å². The van der Waals surface area contributed by atoms with Crippen LogP contribution in [0.1, 0.15) is 32.6 Å². The number of nitrogens with one attached hydrogen (secondary N) is 1. The van der Waals surface area contributed by atoms with Crippen molar-refractivity contribution in [2.24, 2.45) is 0 Å². The number of nitrogens with zero attached hydrogens (tertiary/aromatic N) is 1. The summed E-state index contributed by atoms with van der Waals surface area (Å²) in [6, 6.07) is 1.27. The molecule has 0 spiro atoms. The van der Waals surface area contributed by atoms with Crippen LogP contribution in [0.5, 0.6) is 0 Å². The Morgan fingerprint density at radius 1 is 1.33 bits per heavy atom. The van der Waals surface area contributed by atoms with Crippen LogP contribution in [0.4, 0.5) is 4.79 Å². The second kappa shape index (κ2) is 2.96. The van der Waals surface area contributed by atoms with Crippen molar-refractivity contribution in [2.75, 3.05) is 6.54 Å². The van der Waals surface area contributed by atoms with Crippen LogP contribution in [0.25, 0.3) is 0 Å². The highest BCUT2D eigenvalue weighted by molar-refractivity contribution is 5.75. The zero-order valence-corrected chi connectivity index (χ0v) is 7.55. The van der Waals surface area contributed by atoms with Gasteiger partial charge in [0.25, 0.3) is 0 Å². The highest BCUT2D eigenvalue weighted by Gasteiger charge is 2.41. The molecule has 1 N–H and O–H groups in total. The summed E-state index contributed by atoms with van der Waals surface area (Å²) in [6.07, 6.45) is 4.90. The Hall–Kier alpha value is -0.730. The van der Waals surface area contributed by atoms with Crippen molar-refractivity contribution in [1.29, 1.82) is 0 Å². The molecule has 2 amide bonds. The van der Waals surface area contributed by atoms with E-state index >= 15 is 0 Å². The first-order chi connectivity index (χ1) is 5.83. The Morgan fingerprint density at radius 3 is 2.25 bits per heavy atom. The van der Waals surface area contributed by atoms with Gasteiger partial charge in [-0.15, -0.1) is 0 Å². The van der Waals surface area contributed by atoms with E-state index in [1.165, 1.54) is 25.7 Å². The van der Waals surface area contributed by atoms with Crippen LogP contribution < -0.4 is 5.32 Å². The highest BCUT2D eigenvalue weighted by Crippen LogP contribution is 2.37. The van der Waals surface area contributed by atoms with Crippen molar-refractivity contribution in [3.63, 3.8) is 0 Å². The van der Waals surface area contributed by atoms with E-state index in [4.69, 9.17) is 0 Å². The van der Waals surface area contributed by atoms with Gasteiger partial charge in [-0.3, -0.25) is 0 Å². The molecule has 0 aromatic rings. The quantitative estimate of drug-likeness (QED) is 0.629. The topological polar surface area (TPSA) is 32.3 Å². The van der Waals surface area contributed by atoms with Crippen LogP contribution in [-0.4, -0.2) is 29.6 Å². The Morgan fingerprint density at radius 2 is 1.83 bits per heavy atom. The number of rotatable bonds is 1. The van der Waals surface area contributed by atoms with Gasteiger partial charge in [0.2, 0.25) is 0 Å². The molecule has 2 saturated heterocycles. The van der Waals surface area contributed by atoms with Crippen LogP contribution in [-0.2, 0) is 0 Å². The fourth-order valence-corrected chi connectivity index (χ4v) is 2.49. The smallest absolute Gasteiger partial charge is 0.317 e. The van der Waals surface area contributed by atoms with Gasteiger partial charge in [0, 0.05) is 18.6 Å². The van der Waals surface area contributed by atoms with Gasteiger partial charge in [-0.25, -0.2) is 4.79 Å². The molecule has 2 heterocycles. The number of carbonyl (C=O) groups excluding carboxylic acids is 1. The maximum atomic E-state index is 11.5. The molecule has 0 unspecified atom stereocenters. The number of fused-ring (bicyclic) bond motifs is 2. The Labute approximate surface area is 73.1 Å². The number of hydrogen-bond acceptors (Lipinski definition) is 1. The summed E-state index contributed by atoms with van der Waals surface area (Å²) in [4.78, 5) is 13.6. The highest BCUT2D eigenvalue weighted by atomic mass is 16.2. The second-order valence-corrected chi connectivity index (χ2v) is 3.71. The van der Waals surface area contributed by atoms with E-state index in [-0.39, 0.29) is 6.03 Å². The molecule has 3 heteroatoms. The summed E-state index contributed by atoms with van der Waals surface area (Å²) in [6.45, 7) is 2.71. The molecular weight excluding hydrogens is 152 g/mol. The Balaban J connectivity index is 2.00. The van der Waals surface area contributed by atoms with Gasteiger partial charge in [-0.05, 0) is 32.6 Å². The first-order valence-electron chi connectivity index (χ1n) is 4.89. The molecule has 0 atom stereocenters. The van der Waals surface area contributed by atoms with Crippen molar-refractivity contribution in [3.8, 4) is 0 Å². The van der Waals surface area contributed by atoms with E-state index in [0.29, 0.717) is 12.1 Å². The SMILES string of the molecule is CCNC(=O)N1C2CCC1CC2. The summed E-state index contributed by atoms with van der Waals surface area (Å²) in [7, 11) is 0. The summed E-state index contributed by atoms with van der Waals surface area (Å²) >= 11 is 0. The van der Waals surface area contributed by atoms with Crippen LogP contribution in [0.2, 0.25) is 0 Å². The van der Waals surface area contributed by atoms with Crippen molar-refractivity contribution >= 4 is 6.03 Å². The molecule has 0 saturated carbocycles. The third kappa shape index (κ3) is 1.08. The van der Waals surface area contributed by atoms with E-state index in [0.717, 1.165) is 6.54 Å². The molecule has 2 fully saturated rings. The van der Waals surface area contributed by atoms with Crippen molar-refractivity contribution in [1.82, 2.24) is 10.2 Å². The molecule has 0 radical (unpaired) electrons. The molecule has 0 aliphatic carbocycles. The molecule has 12 heavy (non-hydrogen) atoms. The van der Waals surface area contributed by atoms with Crippen LogP contribution in [0, 0.1) is 0 Å². The predicted octanol–water partition coefficient (Wildman–Crippen LogP) is 1.34. The van der Waals surface area contributed by atoms with E-state index < -0.39 is 0 Å². The zero-order chi connectivity index (χ0) is 8.55. The number of amides is 2. The van der Waals surface area contributed by atoms with E-state index in [2.05, 4.69) is 10.2 Å². The lowest BCUT2D eigenvalue weighted by Crippen LogP contribution is -2.42. The Bertz CT molecular complexity index is 173. The average Bonchev–Trinajstić information content (AvgIpc) is 2.62. The van der Waals surface area contributed by atoms with Gasteiger partial charge in [-0.1, -0.05) is 0 Å². The van der Waals surface area contributed by atoms with Crippen LogP contribution >= 0.6 is 0 Å². The van der Waals surface area contributed by atoms with Crippen molar-refractivity contribution in [3.05, 3.63) is 0 Å². The monoisotopic (exact) mass is 168 g/mol. The third-order valence-corrected chi connectivity index (χ3v) is 3.02. The molecule has 2 aliphatic heterocycles. The number of hydrogen-bond donors (Lipinski definition) is 1. The summed E-state index contributed by atoms with van der Waals surface area (Å²) in [5.41, 5.74) is 0. The molecule has 3 nitrogen and oxygen atoms in total. The molecule has 0 aromatic carbocycles. The molecular formula is C9H16N2O. The summed E-state index contributed by atoms with van der Waals surface area (Å²) in [5, 5.41) is 2.88. The molecule has 0 aromatic heterocycles. The van der Waals surface area contributed by atoms with Gasteiger partial charge in [-0.2, -0.15) is 0 Å². The van der Waals surface area contributed by atoms with Gasteiger partial charge in [0.05, 0.1) is 0 Å². The fourth-order valence-electron chi connectivity index (χ4n) is 2.49. The Kier molecular flexibility index (Phi) is 1.95. The minimum absolute atomic E-state index is 0.155. The summed E-state index contributed by atoms with van der Waals surface area (Å²) in [5.74, 6) is 0. The van der Waals surface area contributed by atoms with Gasteiger partial charge >= 0.3 is 6.03 Å². The van der Waals surface area contributed by atoms with Crippen LogP contribution in [0.3, 0.4) is 0 Å². The lowest BCUT2D eigenvalue weighted by Gasteiger charge is -2.21. The molecule has 2 bridgehead atoms. The maximum Gasteiger partial charge on any atom is 0.317 e. The van der Waals surface area contributed by atoms with Crippen LogP contribution in [0.15, 0.2) is 0 Å². The van der Waals surface area contributed by atoms with E-state index in [9.17, 15) is 4.79 Å². The first-order valence-corrected chi connectivity index (χ1v) is 4.89. The maximum absolute atomic E-state index is 11.5. The largest absolute Gasteiger partial charge is 0.338 e. The van der Waals surface area contributed by atoms with Crippen molar-refractivity contribution < 1.29 is 4.79 Å². The number of urea groups is 1. The van der Waals surface area contributed by atoms with Gasteiger partial charge < -0.3 is 10.2 Å². The minimum Gasteiger partial charge on any atom is -0.338 e. The normalized spacial score (nSPS) is 32.6. The lowest BCUT2D eigenvalue weighted by atomic mass is 10.0.